The van der Waals surface area contributed by atoms with E-state index in [4.69, 9.17) is 5.73 Å². The average Bonchev–Trinajstić information content (AvgIpc) is 2.30. The fraction of sp³-hybridized carbons (Fsp3) is 1.00. The molecule has 1 unspecified atom stereocenters. The highest BCUT2D eigenvalue weighted by atomic mass is 15.1. The second-order valence-electron chi connectivity index (χ2n) is 4.20. The highest BCUT2D eigenvalue weighted by Crippen LogP contribution is 2.45. The molecule has 0 amide bonds. The lowest BCUT2D eigenvalue weighted by atomic mass is 9.62. The zero-order valence-corrected chi connectivity index (χ0v) is 7.46. The number of fused-ring (bicyclic) bond motifs is 1. The standard InChI is InChI=1S/C9H18N2/c1-3-6-7-4-11(2)5-8(7)9(6)10/h6-9H,3-5,10H2,1-2H3/t6-,7?,8-,9-/m1/s1. The predicted octanol–water partition coefficient (Wildman–Crippen LogP) is 0.531. The Hall–Kier alpha value is -0.0800. The number of hydrogen-bond donors (Lipinski definition) is 1. The Balaban J connectivity index is 2.01. The molecule has 2 heteroatoms. The predicted molar refractivity (Wildman–Crippen MR) is 46.2 cm³/mol. The molecule has 1 saturated carbocycles. The Morgan fingerprint density at radius 2 is 2.00 bits per heavy atom. The van der Waals surface area contributed by atoms with E-state index in [-0.39, 0.29) is 0 Å². The molecule has 1 aliphatic heterocycles. The molecule has 2 aliphatic rings. The van der Waals surface area contributed by atoms with Gasteiger partial charge in [0.05, 0.1) is 0 Å². The highest BCUT2D eigenvalue weighted by molar-refractivity contribution is 5.04. The molecule has 0 aromatic heterocycles. The third-order valence-electron chi connectivity index (χ3n) is 3.61. The fourth-order valence-corrected chi connectivity index (χ4v) is 2.96. The molecule has 0 spiro atoms. The van der Waals surface area contributed by atoms with Gasteiger partial charge >= 0.3 is 0 Å². The molecular formula is C9H18N2. The lowest BCUT2D eigenvalue weighted by Crippen LogP contribution is -2.55. The summed E-state index contributed by atoms with van der Waals surface area (Å²) >= 11 is 0. The third-order valence-corrected chi connectivity index (χ3v) is 3.61. The Bertz CT molecular complexity index is 152. The first-order valence-electron chi connectivity index (χ1n) is 4.68. The van der Waals surface area contributed by atoms with E-state index in [2.05, 4.69) is 18.9 Å². The van der Waals surface area contributed by atoms with Gasteiger partial charge in [0.1, 0.15) is 0 Å². The second-order valence-corrected chi connectivity index (χ2v) is 4.20. The molecule has 4 atom stereocenters. The molecule has 2 nitrogen and oxygen atoms in total. The number of hydrogen-bond acceptors (Lipinski definition) is 2. The van der Waals surface area contributed by atoms with Crippen molar-refractivity contribution in [2.75, 3.05) is 20.1 Å². The maximum Gasteiger partial charge on any atom is 0.0114 e. The molecule has 2 fully saturated rings. The first kappa shape index (κ1) is 7.56. The molecule has 1 heterocycles. The van der Waals surface area contributed by atoms with Crippen LogP contribution in [0.15, 0.2) is 0 Å². The van der Waals surface area contributed by atoms with Crippen LogP contribution in [0.2, 0.25) is 0 Å². The number of nitrogens with two attached hydrogens (primary N) is 1. The zero-order chi connectivity index (χ0) is 8.01. The van der Waals surface area contributed by atoms with Crippen LogP contribution < -0.4 is 5.73 Å². The molecule has 2 N–H and O–H groups in total. The van der Waals surface area contributed by atoms with Crippen molar-refractivity contribution in [1.29, 1.82) is 0 Å². The summed E-state index contributed by atoms with van der Waals surface area (Å²) in [5.74, 6) is 2.58. The Morgan fingerprint density at radius 3 is 2.64 bits per heavy atom. The number of rotatable bonds is 1. The van der Waals surface area contributed by atoms with Crippen LogP contribution in [-0.2, 0) is 0 Å². The summed E-state index contributed by atoms with van der Waals surface area (Å²) in [7, 11) is 2.21. The van der Waals surface area contributed by atoms with E-state index in [1.807, 2.05) is 0 Å². The first-order chi connectivity index (χ1) is 5.24. The van der Waals surface area contributed by atoms with Gasteiger partial charge in [0.25, 0.3) is 0 Å². The van der Waals surface area contributed by atoms with Crippen molar-refractivity contribution in [3.63, 3.8) is 0 Å². The van der Waals surface area contributed by atoms with Crippen LogP contribution in [-0.4, -0.2) is 31.1 Å². The molecule has 11 heavy (non-hydrogen) atoms. The monoisotopic (exact) mass is 154 g/mol. The van der Waals surface area contributed by atoms with Gasteiger partial charge in [-0.2, -0.15) is 0 Å². The molecule has 0 aromatic rings. The van der Waals surface area contributed by atoms with E-state index in [9.17, 15) is 0 Å². The Morgan fingerprint density at radius 1 is 1.36 bits per heavy atom. The van der Waals surface area contributed by atoms with Crippen LogP contribution in [0.3, 0.4) is 0 Å². The van der Waals surface area contributed by atoms with Gasteiger partial charge in [0, 0.05) is 19.1 Å². The topological polar surface area (TPSA) is 29.3 Å². The molecule has 1 saturated heterocycles. The molecule has 2 rings (SSSR count). The quantitative estimate of drug-likeness (QED) is 0.597. The van der Waals surface area contributed by atoms with Crippen LogP contribution >= 0.6 is 0 Å². The third kappa shape index (κ3) is 0.926. The van der Waals surface area contributed by atoms with Gasteiger partial charge in [-0.1, -0.05) is 13.3 Å². The maximum absolute atomic E-state index is 6.05. The fourth-order valence-electron chi connectivity index (χ4n) is 2.96. The first-order valence-corrected chi connectivity index (χ1v) is 4.68. The molecule has 64 valence electrons. The summed E-state index contributed by atoms with van der Waals surface area (Å²) in [6, 6.07) is 0.509. The van der Waals surface area contributed by atoms with E-state index in [1.165, 1.54) is 19.5 Å². The van der Waals surface area contributed by atoms with Gasteiger partial charge in [-0.3, -0.25) is 0 Å². The normalized spacial score (nSPS) is 50.5. The van der Waals surface area contributed by atoms with E-state index >= 15 is 0 Å². The summed E-state index contributed by atoms with van der Waals surface area (Å²) in [5.41, 5.74) is 6.05. The summed E-state index contributed by atoms with van der Waals surface area (Å²) in [5, 5.41) is 0. The van der Waals surface area contributed by atoms with Crippen LogP contribution in [0.1, 0.15) is 13.3 Å². The lowest BCUT2D eigenvalue weighted by molar-refractivity contribution is 0.0781. The van der Waals surface area contributed by atoms with Crippen LogP contribution in [0.25, 0.3) is 0 Å². The zero-order valence-electron chi connectivity index (χ0n) is 7.46. The molecule has 0 aromatic carbocycles. The smallest absolute Gasteiger partial charge is 0.0114 e. The second kappa shape index (κ2) is 2.46. The largest absolute Gasteiger partial charge is 0.327 e. The van der Waals surface area contributed by atoms with Crippen molar-refractivity contribution in [2.45, 2.75) is 19.4 Å². The van der Waals surface area contributed by atoms with Crippen LogP contribution in [0.5, 0.6) is 0 Å². The van der Waals surface area contributed by atoms with E-state index in [1.54, 1.807) is 0 Å². The van der Waals surface area contributed by atoms with Gasteiger partial charge in [-0.15, -0.1) is 0 Å². The van der Waals surface area contributed by atoms with Crippen molar-refractivity contribution >= 4 is 0 Å². The minimum atomic E-state index is 0.509. The van der Waals surface area contributed by atoms with Gasteiger partial charge < -0.3 is 10.6 Å². The van der Waals surface area contributed by atoms with Crippen molar-refractivity contribution in [1.82, 2.24) is 4.90 Å². The minimum absolute atomic E-state index is 0.509. The number of nitrogens with zero attached hydrogens (tertiary/aromatic N) is 1. The Kier molecular flexibility index (Phi) is 1.69. The van der Waals surface area contributed by atoms with Gasteiger partial charge in [0.15, 0.2) is 0 Å². The summed E-state index contributed by atoms with van der Waals surface area (Å²) < 4.78 is 0. The van der Waals surface area contributed by atoms with Crippen molar-refractivity contribution in [2.24, 2.45) is 23.5 Å². The summed E-state index contributed by atoms with van der Waals surface area (Å²) in [4.78, 5) is 2.42. The minimum Gasteiger partial charge on any atom is -0.327 e. The van der Waals surface area contributed by atoms with Crippen LogP contribution in [0.4, 0.5) is 0 Å². The summed E-state index contributed by atoms with van der Waals surface area (Å²) in [6.07, 6.45) is 1.27. The maximum atomic E-state index is 6.05. The van der Waals surface area contributed by atoms with Crippen LogP contribution in [0, 0.1) is 17.8 Å². The van der Waals surface area contributed by atoms with E-state index in [0.29, 0.717) is 6.04 Å². The van der Waals surface area contributed by atoms with E-state index in [0.717, 1.165) is 17.8 Å². The molecule has 0 radical (unpaired) electrons. The lowest BCUT2D eigenvalue weighted by Gasteiger charge is -2.46. The van der Waals surface area contributed by atoms with E-state index < -0.39 is 0 Å². The SMILES string of the molecule is CC[C@@H]1C2CN(C)C[C@H]2[C@@H]1N. The summed E-state index contributed by atoms with van der Waals surface area (Å²) in [6.45, 7) is 4.79. The highest BCUT2D eigenvalue weighted by Gasteiger charge is 2.50. The van der Waals surface area contributed by atoms with Crippen molar-refractivity contribution in [3.05, 3.63) is 0 Å². The van der Waals surface area contributed by atoms with Gasteiger partial charge in [-0.05, 0) is 24.8 Å². The number of likely N-dealkylation sites (tertiary alicyclic amines) is 1. The van der Waals surface area contributed by atoms with Crippen molar-refractivity contribution in [3.8, 4) is 0 Å². The molecule has 0 bridgehead atoms. The molecular weight excluding hydrogens is 136 g/mol. The van der Waals surface area contributed by atoms with Gasteiger partial charge in [0.2, 0.25) is 0 Å². The Labute approximate surface area is 68.7 Å². The van der Waals surface area contributed by atoms with Gasteiger partial charge in [-0.25, -0.2) is 0 Å². The average molecular weight is 154 g/mol. The van der Waals surface area contributed by atoms with Crippen molar-refractivity contribution < 1.29 is 0 Å². The molecule has 1 aliphatic carbocycles.